The molecule has 0 atom stereocenters. The smallest absolute Gasteiger partial charge is 0.139 e. The molecule has 0 fully saturated rings. The fourth-order valence-electron chi connectivity index (χ4n) is 2.14. The Balaban J connectivity index is 1.98. The third-order valence-electron chi connectivity index (χ3n) is 3.37. The standard InChI is InChI=1S/C15H19BrFN3/c1-3-13(4-2)20-8-7-12(19-20)10-18-11-5-6-14(16)15(17)9-11/h5-9,13,18H,3-4,10H2,1-2H3. The van der Waals surface area contributed by atoms with Crippen LogP contribution in [-0.4, -0.2) is 9.78 Å². The lowest BCUT2D eigenvalue weighted by atomic mass is 10.2. The summed E-state index contributed by atoms with van der Waals surface area (Å²) in [4.78, 5) is 0. The van der Waals surface area contributed by atoms with Crippen LogP contribution in [0, 0.1) is 5.82 Å². The van der Waals surface area contributed by atoms with E-state index in [-0.39, 0.29) is 5.82 Å². The van der Waals surface area contributed by atoms with Crippen molar-refractivity contribution < 1.29 is 4.39 Å². The average molecular weight is 340 g/mol. The van der Waals surface area contributed by atoms with Gasteiger partial charge in [-0.15, -0.1) is 0 Å². The van der Waals surface area contributed by atoms with Crippen LogP contribution < -0.4 is 5.32 Å². The maximum atomic E-state index is 13.4. The number of nitrogens with zero attached hydrogens (tertiary/aromatic N) is 2. The van der Waals surface area contributed by atoms with Gasteiger partial charge in [0.2, 0.25) is 0 Å². The van der Waals surface area contributed by atoms with E-state index in [0.717, 1.165) is 24.2 Å². The molecule has 1 heterocycles. The minimum atomic E-state index is -0.266. The molecule has 0 amide bonds. The van der Waals surface area contributed by atoms with Gasteiger partial charge < -0.3 is 5.32 Å². The first-order valence-electron chi connectivity index (χ1n) is 6.87. The Hall–Kier alpha value is -1.36. The number of aromatic nitrogens is 2. The van der Waals surface area contributed by atoms with E-state index >= 15 is 0 Å². The topological polar surface area (TPSA) is 29.9 Å². The summed E-state index contributed by atoms with van der Waals surface area (Å²) in [6.45, 7) is 4.92. The molecule has 1 aromatic heterocycles. The zero-order chi connectivity index (χ0) is 14.5. The van der Waals surface area contributed by atoms with Gasteiger partial charge in [-0.05, 0) is 53.0 Å². The molecule has 20 heavy (non-hydrogen) atoms. The molecule has 0 unspecified atom stereocenters. The van der Waals surface area contributed by atoms with E-state index in [4.69, 9.17) is 0 Å². The lowest BCUT2D eigenvalue weighted by Gasteiger charge is -2.12. The van der Waals surface area contributed by atoms with Crippen LogP contribution in [0.5, 0.6) is 0 Å². The normalized spacial score (nSPS) is 11.1. The Morgan fingerprint density at radius 3 is 2.70 bits per heavy atom. The second-order valence-electron chi connectivity index (χ2n) is 4.74. The highest BCUT2D eigenvalue weighted by Gasteiger charge is 2.08. The molecule has 0 aliphatic carbocycles. The van der Waals surface area contributed by atoms with Gasteiger partial charge >= 0.3 is 0 Å². The van der Waals surface area contributed by atoms with Gasteiger partial charge in [-0.2, -0.15) is 5.10 Å². The van der Waals surface area contributed by atoms with Crippen molar-refractivity contribution in [2.24, 2.45) is 0 Å². The third-order valence-corrected chi connectivity index (χ3v) is 4.02. The first kappa shape index (κ1) is 15.0. The van der Waals surface area contributed by atoms with Crippen LogP contribution in [0.2, 0.25) is 0 Å². The SMILES string of the molecule is CCC(CC)n1ccc(CNc2ccc(Br)c(F)c2)n1. The summed E-state index contributed by atoms with van der Waals surface area (Å²) in [6.07, 6.45) is 4.16. The first-order chi connectivity index (χ1) is 9.63. The minimum absolute atomic E-state index is 0.266. The summed E-state index contributed by atoms with van der Waals surface area (Å²) in [5, 5.41) is 7.74. The fourth-order valence-corrected chi connectivity index (χ4v) is 2.38. The number of rotatable bonds is 6. The van der Waals surface area contributed by atoms with E-state index in [0.29, 0.717) is 17.1 Å². The van der Waals surface area contributed by atoms with E-state index in [1.165, 1.54) is 6.07 Å². The Bertz CT molecular complexity index is 564. The van der Waals surface area contributed by atoms with Crippen LogP contribution in [-0.2, 0) is 6.54 Å². The van der Waals surface area contributed by atoms with Gasteiger partial charge in [-0.3, -0.25) is 4.68 Å². The number of nitrogens with one attached hydrogen (secondary N) is 1. The number of anilines is 1. The predicted octanol–water partition coefficient (Wildman–Crippen LogP) is 4.76. The zero-order valence-corrected chi connectivity index (χ0v) is 13.3. The molecule has 3 nitrogen and oxygen atoms in total. The summed E-state index contributed by atoms with van der Waals surface area (Å²) >= 11 is 3.14. The highest BCUT2D eigenvalue weighted by atomic mass is 79.9. The summed E-state index contributed by atoms with van der Waals surface area (Å²) in [6, 6.07) is 7.46. The zero-order valence-electron chi connectivity index (χ0n) is 11.7. The van der Waals surface area contributed by atoms with Crippen molar-refractivity contribution in [1.82, 2.24) is 9.78 Å². The molecule has 0 bridgehead atoms. The summed E-state index contributed by atoms with van der Waals surface area (Å²) < 4.78 is 15.9. The second kappa shape index (κ2) is 6.88. The van der Waals surface area contributed by atoms with Crippen LogP contribution >= 0.6 is 15.9 Å². The molecule has 0 aliphatic heterocycles. The molecule has 0 aliphatic rings. The molecule has 1 N–H and O–H groups in total. The molecular formula is C15H19BrFN3. The predicted molar refractivity (Wildman–Crippen MR) is 83.3 cm³/mol. The molecule has 1 aromatic carbocycles. The van der Waals surface area contributed by atoms with Crippen molar-refractivity contribution in [3.63, 3.8) is 0 Å². The van der Waals surface area contributed by atoms with E-state index in [1.54, 1.807) is 6.07 Å². The Morgan fingerprint density at radius 1 is 1.30 bits per heavy atom. The van der Waals surface area contributed by atoms with Crippen molar-refractivity contribution in [2.75, 3.05) is 5.32 Å². The molecule has 2 aromatic rings. The van der Waals surface area contributed by atoms with E-state index in [2.05, 4.69) is 40.2 Å². The van der Waals surface area contributed by atoms with Crippen molar-refractivity contribution in [3.8, 4) is 0 Å². The molecular weight excluding hydrogens is 321 g/mol. The van der Waals surface area contributed by atoms with Crippen molar-refractivity contribution in [1.29, 1.82) is 0 Å². The lowest BCUT2D eigenvalue weighted by molar-refractivity contribution is 0.426. The van der Waals surface area contributed by atoms with Gasteiger partial charge in [0.15, 0.2) is 0 Å². The van der Waals surface area contributed by atoms with Crippen molar-refractivity contribution >= 4 is 21.6 Å². The van der Waals surface area contributed by atoms with Gasteiger partial charge in [-0.1, -0.05) is 13.8 Å². The largest absolute Gasteiger partial charge is 0.379 e. The molecule has 0 saturated heterocycles. The van der Waals surface area contributed by atoms with Crippen LogP contribution in [0.25, 0.3) is 0 Å². The third kappa shape index (κ3) is 3.60. The van der Waals surface area contributed by atoms with Crippen LogP contribution in [0.3, 0.4) is 0 Å². The Morgan fingerprint density at radius 2 is 2.05 bits per heavy atom. The summed E-state index contributed by atoms with van der Waals surface area (Å²) in [5.41, 5.74) is 1.71. The molecule has 0 saturated carbocycles. The van der Waals surface area contributed by atoms with Gasteiger partial charge in [-0.25, -0.2) is 4.39 Å². The second-order valence-corrected chi connectivity index (χ2v) is 5.59. The Labute approximate surface area is 127 Å². The number of hydrogen-bond acceptors (Lipinski definition) is 2. The van der Waals surface area contributed by atoms with Gasteiger partial charge in [0.05, 0.1) is 22.8 Å². The average Bonchev–Trinajstić information content (AvgIpc) is 2.90. The van der Waals surface area contributed by atoms with Crippen LogP contribution in [0.15, 0.2) is 34.9 Å². The maximum absolute atomic E-state index is 13.4. The summed E-state index contributed by atoms with van der Waals surface area (Å²) in [7, 11) is 0. The quantitative estimate of drug-likeness (QED) is 0.822. The molecule has 2 rings (SSSR count). The van der Waals surface area contributed by atoms with Crippen LogP contribution in [0.4, 0.5) is 10.1 Å². The molecule has 5 heteroatoms. The fraction of sp³-hybridized carbons (Fsp3) is 0.400. The van der Waals surface area contributed by atoms with Crippen molar-refractivity contribution in [3.05, 3.63) is 46.4 Å². The number of benzene rings is 1. The van der Waals surface area contributed by atoms with Gasteiger partial charge in [0, 0.05) is 11.9 Å². The summed E-state index contributed by atoms with van der Waals surface area (Å²) in [5.74, 6) is -0.266. The highest BCUT2D eigenvalue weighted by molar-refractivity contribution is 9.10. The van der Waals surface area contributed by atoms with E-state index in [1.807, 2.05) is 23.0 Å². The maximum Gasteiger partial charge on any atom is 0.139 e. The van der Waals surface area contributed by atoms with Crippen molar-refractivity contribution in [2.45, 2.75) is 39.3 Å². The Kier molecular flexibility index (Phi) is 5.17. The molecule has 108 valence electrons. The highest BCUT2D eigenvalue weighted by Crippen LogP contribution is 2.20. The monoisotopic (exact) mass is 339 g/mol. The molecule has 0 spiro atoms. The minimum Gasteiger partial charge on any atom is -0.379 e. The van der Waals surface area contributed by atoms with Crippen LogP contribution in [0.1, 0.15) is 38.4 Å². The van der Waals surface area contributed by atoms with E-state index in [9.17, 15) is 4.39 Å². The first-order valence-corrected chi connectivity index (χ1v) is 7.66. The lowest BCUT2D eigenvalue weighted by Crippen LogP contribution is -2.09. The number of hydrogen-bond donors (Lipinski definition) is 1. The molecule has 0 radical (unpaired) electrons. The van der Waals surface area contributed by atoms with E-state index < -0.39 is 0 Å². The number of halogens is 2. The van der Waals surface area contributed by atoms with Gasteiger partial charge in [0.1, 0.15) is 5.82 Å². The van der Waals surface area contributed by atoms with Gasteiger partial charge in [0.25, 0.3) is 0 Å².